The summed E-state index contributed by atoms with van der Waals surface area (Å²) in [6.07, 6.45) is 2.72. The third kappa shape index (κ3) is 2.39. The molecule has 1 heterocycles. The monoisotopic (exact) mass is 183 g/mol. The van der Waals surface area contributed by atoms with Crippen molar-refractivity contribution in [3.63, 3.8) is 0 Å². The number of nitrogens with one attached hydrogen (secondary N) is 1. The maximum absolute atomic E-state index is 4.17. The predicted octanol–water partition coefficient (Wildman–Crippen LogP) is 1.76. The van der Waals surface area contributed by atoms with Crippen LogP contribution in [0.15, 0.2) is 18.3 Å². The molecule has 1 aromatic rings. The van der Waals surface area contributed by atoms with Crippen molar-refractivity contribution in [3.05, 3.63) is 24.0 Å². The van der Waals surface area contributed by atoms with Crippen LogP contribution >= 0.6 is 11.7 Å². The van der Waals surface area contributed by atoms with Gasteiger partial charge in [-0.1, -0.05) is 5.57 Å². The Morgan fingerprint density at radius 1 is 1.83 bits per heavy atom. The van der Waals surface area contributed by atoms with Crippen molar-refractivity contribution in [2.45, 2.75) is 19.4 Å². The van der Waals surface area contributed by atoms with Gasteiger partial charge in [-0.3, -0.25) is 0 Å². The van der Waals surface area contributed by atoms with Crippen LogP contribution in [-0.4, -0.2) is 15.8 Å². The van der Waals surface area contributed by atoms with E-state index >= 15 is 0 Å². The van der Waals surface area contributed by atoms with Gasteiger partial charge in [-0.05, 0) is 20.4 Å². The van der Waals surface area contributed by atoms with Crippen molar-refractivity contribution in [1.29, 1.82) is 0 Å². The van der Waals surface area contributed by atoms with Gasteiger partial charge in [-0.25, -0.2) is 0 Å². The zero-order chi connectivity index (χ0) is 8.97. The fourth-order valence-corrected chi connectivity index (χ4v) is 1.50. The van der Waals surface area contributed by atoms with Gasteiger partial charge < -0.3 is 5.32 Å². The van der Waals surface area contributed by atoms with Crippen molar-refractivity contribution in [2.24, 2.45) is 0 Å². The second-order valence-electron chi connectivity index (χ2n) is 2.83. The van der Waals surface area contributed by atoms with Crippen LogP contribution in [0, 0.1) is 0 Å². The molecule has 3 nitrogen and oxygen atoms in total. The molecule has 0 aliphatic rings. The summed E-state index contributed by atoms with van der Waals surface area (Å²) < 4.78 is 8.13. The highest BCUT2D eigenvalue weighted by molar-refractivity contribution is 6.99. The van der Waals surface area contributed by atoms with E-state index in [1.165, 1.54) is 11.7 Å². The van der Waals surface area contributed by atoms with E-state index in [9.17, 15) is 0 Å². The molecular weight excluding hydrogens is 170 g/mol. The van der Waals surface area contributed by atoms with Crippen molar-refractivity contribution in [2.75, 3.05) is 7.05 Å². The second kappa shape index (κ2) is 4.33. The quantitative estimate of drug-likeness (QED) is 0.723. The molecule has 0 saturated heterocycles. The van der Waals surface area contributed by atoms with Crippen LogP contribution in [-0.2, 0) is 0 Å². The summed E-state index contributed by atoms with van der Waals surface area (Å²) in [5, 5.41) is 3.18. The van der Waals surface area contributed by atoms with E-state index in [1.54, 1.807) is 6.20 Å². The topological polar surface area (TPSA) is 37.8 Å². The SMILES string of the molecule is C=C(C)CC(NC)c1cnsn1. The lowest BCUT2D eigenvalue weighted by molar-refractivity contribution is 0.578. The Morgan fingerprint density at radius 2 is 2.58 bits per heavy atom. The summed E-state index contributed by atoms with van der Waals surface area (Å²) in [6.45, 7) is 5.89. The molecule has 4 heteroatoms. The van der Waals surface area contributed by atoms with Crippen LogP contribution in [0.1, 0.15) is 25.1 Å². The highest BCUT2D eigenvalue weighted by atomic mass is 32.1. The number of hydrogen-bond acceptors (Lipinski definition) is 4. The Kier molecular flexibility index (Phi) is 3.37. The van der Waals surface area contributed by atoms with Crippen molar-refractivity contribution >= 4 is 11.7 Å². The maximum atomic E-state index is 4.17. The first-order valence-electron chi connectivity index (χ1n) is 3.83. The molecule has 12 heavy (non-hydrogen) atoms. The Morgan fingerprint density at radius 3 is 3.00 bits per heavy atom. The fourth-order valence-electron chi connectivity index (χ4n) is 1.03. The van der Waals surface area contributed by atoms with Crippen molar-refractivity contribution in [1.82, 2.24) is 14.1 Å². The highest BCUT2D eigenvalue weighted by Crippen LogP contribution is 2.17. The molecule has 0 aliphatic heterocycles. The normalized spacial score (nSPS) is 12.8. The first-order valence-corrected chi connectivity index (χ1v) is 4.56. The average Bonchev–Trinajstić information content (AvgIpc) is 2.51. The molecule has 0 radical (unpaired) electrons. The van der Waals surface area contributed by atoms with E-state index in [0.29, 0.717) is 0 Å². The summed E-state index contributed by atoms with van der Waals surface area (Å²) >= 11 is 1.24. The minimum absolute atomic E-state index is 0.265. The number of rotatable bonds is 4. The Bertz CT molecular complexity index is 243. The summed E-state index contributed by atoms with van der Waals surface area (Å²) in [6, 6.07) is 0.265. The van der Waals surface area contributed by atoms with Crippen LogP contribution in [0.4, 0.5) is 0 Å². The smallest absolute Gasteiger partial charge is 0.0915 e. The van der Waals surface area contributed by atoms with E-state index in [2.05, 4.69) is 20.6 Å². The molecule has 66 valence electrons. The Balaban J connectivity index is 2.63. The zero-order valence-corrected chi connectivity index (χ0v) is 8.19. The molecule has 0 bridgehead atoms. The van der Waals surface area contributed by atoms with Gasteiger partial charge in [0.15, 0.2) is 0 Å². The Labute approximate surface area is 76.8 Å². The molecular formula is C8H13N3S. The van der Waals surface area contributed by atoms with E-state index in [-0.39, 0.29) is 6.04 Å². The summed E-state index contributed by atoms with van der Waals surface area (Å²) in [7, 11) is 1.92. The first-order chi connectivity index (χ1) is 5.74. The van der Waals surface area contributed by atoms with Crippen molar-refractivity contribution in [3.8, 4) is 0 Å². The molecule has 0 fully saturated rings. The Hall–Kier alpha value is -0.740. The number of hydrogen-bond donors (Lipinski definition) is 1. The lowest BCUT2D eigenvalue weighted by Gasteiger charge is -2.12. The molecule has 1 unspecified atom stereocenters. The summed E-state index contributed by atoms with van der Waals surface area (Å²) in [5.41, 5.74) is 2.16. The van der Waals surface area contributed by atoms with Gasteiger partial charge in [0.2, 0.25) is 0 Å². The van der Waals surface area contributed by atoms with Gasteiger partial charge in [-0.2, -0.15) is 8.75 Å². The maximum Gasteiger partial charge on any atom is 0.0915 e. The van der Waals surface area contributed by atoms with Crippen LogP contribution in [0.25, 0.3) is 0 Å². The molecule has 1 aromatic heterocycles. The predicted molar refractivity (Wildman–Crippen MR) is 51.1 cm³/mol. The molecule has 0 aliphatic carbocycles. The van der Waals surface area contributed by atoms with E-state index < -0.39 is 0 Å². The third-order valence-electron chi connectivity index (χ3n) is 1.64. The minimum atomic E-state index is 0.265. The third-order valence-corrected chi connectivity index (χ3v) is 2.13. The molecule has 1 atom stereocenters. The van der Waals surface area contributed by atoms with Crippen LogP contribution in [0.3, 0.4) is 0 Å². The molecule has 0 aromatic carbocycles. The lowest BCUT2D eigenvalue weighted by atomic mass is 10.1. The second-order valence-corrected chi connectivity index (χ2v) is 3.39. The number of nitrogens with zero attached hydrogens (tertiary/aromatic N) is 2. The molecule has 1 rings (SSSR count). The first kappa shape index (κ1) is 9.35. The van der Waals surface area contributed by atoms with E-state index in [0.717, 1.165) is 17.7 Å². The molecule has 0 amide bonds. The van der Waals surface area contributed by atoms with Gasteiger partial charge in [-0.15, -0.1) is 6.58 Å². The largest absolute Gasteiger partial charge is 0.311 e. The molecule has 0 saturated carbocycles. The highest BCUT2D eigenvalue weighted by Gasteiger charge is 2.11. The zero-order valence-electron chi connectivity index (χ0n) is 7.37. The molecule has 0 spiro atoms. The minimum Gasteiger partial charge on any atom is -0.311 e. The van der Waals surface area contributed by atoms with E-state index in [4.69, 9.17) is 0 Å². The van der Waals surface area contributed by atoms with Gasteiger partial charge in [0.1, 0.15) is 0 Å². The fraction of sp³-hybridized carbons (Fsp3) is 0.500. The van der Waals surface area contributed by atoms with Gasteiger partial charge in [0, 0.05) is 0 Å². The van der Waals surface area contributed by atoms with Gasteiger partial charge in [0.05, 0.1) is 29.7 Å². The van der Waals surface area contributed by atoms with Crippen LogP contribution in [0.2, 0.25) is 0 Å². The van der Waals surface area contributed by atoms with Crippen LogP contribution in [0.5, 0.6) is 0 Å². The van der Waals surface area contributed by atoms with Crippen LogP contribution < -0.4 is 5.32 Å². The number of aromatic nitrogens is 2. The molecule has 1 N–H and O–H groups in total. The standard InChI is InChI=1S/C8H13N3S/c1-6(2)4-7(9-3)8-5-10-12-11-8/h5,7,9H,1,4H2,2-3H3. The summed E-state index contributed by atoms with van der Waals surface area (Å²) in [4.78, 5) is 0. The summed E-state index contributed by atoms with van der Waals surface area (Å²) in [5.74, 6) is 0. The van der Waals surface area contributed by atoms with E-state index in [1.807, 2.05) is 14.0 Å². The lowest BCUT2D eigenvalue weighted by Crippen LogP contribution is -2.16. The van der Waals surface area contributed by atoms with Crippen molar-refractivity contribution < 1.29 is 0 Å². The van der Waals surface area contributed by atoms with Gasteiger partial charge >= 0.3 is 0 Å². The van der Waals surface area contributed by atoms with Gasteiger partial charge in [0.25, 0.3) is 0 Å². The average molecular weight is 183 g/mol.